The summed E-state index contributed by atoms with van der Waals surface area (Å²) in [6.07, 6.45) is 5.97. The first-order valence-corrected chi connectivity index (χ1v) is 12.1. The maximum absolute atomic E-state index is 13.0. The third kappa shape index (κ3) is 4.32. The molecular weight excluding hydrogens is 436 g/mol. The molecule has 0 unspecified atom stereocenters. The molecule has 0 atom stereocenters. The van der Waals surface area contributed by atoms with Crippen LogP contribution < -0.4 is 21.1 Å². The van der Waals surface area contributed by atoms with Crippen molar-refractivity contribution in [1.29, 1.82) is 0 Å². The summed E-state index contributed by atoms with van der Waals surface area (Å²) < 4.78 is 1.79. The standard InChI is InChI=1S/C25H31ClN6O/c1-16-20-14-27-24(30-22(20)32(23(33)21(16)26)19-6-4-5-7-19)29-17-8-10-18(11-9-17)31-13-12-28-25(2,3)15-31/h8-11,14,19,28H,4-7,12-13,15H2,1-3H3,(H,27,29,30). The Morgan fingerprint density at radius 3 is 2.61 bits per heavy atom. The molecule has 1 aromatic carbocycles. The van der Waals surface area contributed by atoms with Crippen LogP contribution in [0, 0.1) is 6.92 Å². The van der Waals surface area contributed by atoms with Crippen LogP contribution in [0.5, 0.6) is 0 Å². The molecule has 2 aromatic heterocycles. The van der Waals surface area contributed by atoms with Crippen LogP contribution in [0.1, 0.15) is 51.1 Å². The van der Waals surface area contributed by atoms with Crippen LogP contribution in [0.3, 0.4) is 0 Å². The lowest BCUT2D eigenvalue weighted by atomic mass is 10.0. The van der Waals surface area contributed by atoms with E-state index in [9.17, 15) is 4.79 Å². The molecule has 1 saturated heterocycles. The Morgan fingerprint density at radius 2 is 1.91 bits per heavy atom. The third-order valence-electron chi connectivity index (χ3n) is 6.89. The maximum Gasteiger partial charge on any atom is 0.271 e. The molecular formula is C25H31ClN6O. The van der Waals surface area contributed by atoms with Gasteiger partial charge in [-0.25, -0.2) is 4.98 Å². The van der Waals surface area contributed by atoms with Crippen molar-refractivity contribution < 1.29 is 0 Å². The van der Waals surface area contributed by atoms with Gasteiger partial charge < -0.3 is 15.5 Å². The first-order chi connectivity index (χ1) is 15.8. The largest absolute Gasteiger partial charge is 0.368 e. The average Bonchev–Trinajstić information content (AvgIpc) is 3.32. The van der Waals surface area contributed by atoms with Gasteiger partial charge in [-0.3, -0.25) is 9.36 Å². The number of aromatic nitrogens is 3. The summed E-state index contributed by atoms with van der Waals surface area (Å²) in [4.78, 5) is 24.7. The van der Waals surface area contributed by atoms with Gasteiger partial charge in [-0.2, -0.15) is 4.98 Å². The highest BCUT2D eigenvalue weighted by Gasteiger charge is 2.26. The fourth-order valence-electron chi connectivity index (χ4n) is 5.11. The number of benzene rings is 1. The number of rotatable bonds is 4. The van der Waals surface area contributed by atoms with Crippen LogP contribution in [0.15, 0.2) is 35.3 Å². The van der Waals surface area contributed by atoms with Crippen LogP contribution in [0.2, 0.25) is 5.02 Å². The quantitative estimate of drug-likeness (QED) is 0.575. The number of aryl methyl sites for hydroxylation is 1. The van der Waals surface area contributed by atoms with Crippen molar-refractivity contribution in [2.45, 2.75) is 58.0 Å². The van der Waals surface area contributed by atoms with Crippen molar-refractivity contribution in [1.82, 2.24) is 19.9 Å². The number of nitrogens with one attached hydrogen (secondary N) is 2. The molecule has 5 rings (SSSR count). The second kappa shape index (κ2) is 8.61. The molecule has 174 valence electrons. The summed E-state index contributed by atoms with van der Waals surface area (Å²) >= 11 is 6.39. The molecule has 2 aliphatic rings. The smallest absolute Gasteiger partial charge is 0.271 e. The Morgan fingerprint density at radius 1 is 1.18 bits per heavy atom. The molecule has 1 saturated carbocycles. The minimum Gasteiger partial charge on any atom is -0.368 e. The zero-order valence-electron chi connectivity index (χ0n) is 19.5. The highest BCUT2D eigenvalue weighted by Crippen LogP contribution is 2.33. The number of halogens is 1. The Hall–Kier alpha value is -2.64. The van der Waals surface area contributed by atoms with E-state index >= 15 is 0 Å². The minimum absolute atomic E-state index is 0.101. The molecule has 1 aliphatic carbocycles. The number of piperazine rings is 1. The van der Waals surface area contributed by atoms with E-state index in [1.807, 2.05) is 6.92 Å². The highest BCUT2D eigenvalue weighted by molar-refractivity contribution is 6.32. The number of anilines is 3. The fourth-order valence-corrected chi connectivity index (χ4v) is 5.30. The van der Waals surface area contributed by atoms with E-state index in [0.717, 1.165) is 62.0 Å². The Kier molecular flexibility index (Phi) is 5.79. The van der Waals surface area contributed by atoms with Crippen LogP contribution in [-0.2, 0) is 0 Å². The number of pyridine rings is 1. The zero-order valence-corrected chi connectivity index (χ0v) is 20.2. The number of hydrogen-bond donors (Lipinski definition) is 2. The van der Waals surface area contributed by atoms with E-state index < -0.39 is 0 Å². The van der Waals surface area contributed by atoms with Crippen molar-refractivity contribution in [3.05, 3.63) is 51.4 Å². The summed E-state index contributed by atoms with van der Waals surface area (Å²) in [6.45, 7) is 9.25. The lowest BCUT2D eigenvalue weighted by molar-refractivity contribution is 0.353. The van der Waals surface area contributed by atoms with Gasteiger partial charge in [-0.1, -0.05) is 24.4 Å². The molecule has 33 heavy (non-hydrogen) atoms. The predicted octanol–water partition coefficient (Wildman–Crippen LogP) is 4.80. The van der Waals surface area contributed by atoms with Crippen molar-refractivity contribution in [2.24, 2.45) is 0 Å². The van der Waals surface area contributed by atoms with E-state index in [4.69, 9.17) is 16.6 Å². The normalized spacial score (nSPS) is 18.7. The lowest BCUT2D eigenvalue weighted by Gasteiger charge is -2.40. The summed E-state index contributed by atoms with van der Waals surface area (Å²) in [5.41, 5.74) is 3.46. The average molecular weight is 467 g/mol. The van der Waals surface area contributed by atoms with Gasteiger partial charge in [0.25, 0.3) is 5.56 Å². The Labute approximate surface area is 199 Å². The predicted molar refractivity (Wildman–Crippen MR) is 135 cm³/mol. The third-order valence-corrected chi connectivity index (χ3v) is 7.33. The topological polar surface area (TPSA) is 75.1 Å². The fraction of sp³-hybridized carbons (Fsp3) is 0.480. The van der Waals surface area contributed by atoms with Crippen LogP contribution in [-0.4, -0.2) is 39.7 Å². The maximum atomic E-state index is 13.0. The molecule has 0 amide bonds. The first-order valence-electron chi connectivity index (χ1n) is 11.8. The molecule has 2 N–H and O–H groups in total. The zero-order chi connectivity index (χ0) is 23.2. The summed E-state index contributed by atoms with van der Waals surface area (Å²) in [5.74, 6) is 0.478. The van der Waals surface area contributed by atoms with Gasteiger partial charge in [0, 0.05) is 54.2 Å². The Balaban J connectivity index is 1.44. The van der Waals surface area contributed by atoms with E-state index in [0.29, 0.717) is 11.6 Å². The van der Waals surface area contributed by atoms with E-state index in [2.05, 4.69) is 58.6 Å². The van der Waals surface area contributed by atoms with E-state index in [1.165, 1.54) is 5.69 Å². The van der Waals surface area contributed by atoms with Gasteiger partial charge in [-0.15, -0.1) is 0 Å². The number of fused-ring (bicyclic) bond motifs is 1. The number of nitrogens with zero attached hydrogens (tertiary/aromatic N) is 4. The molecule has 3 heterocycles. The van der Waals surface area contributed by atoms with Crippen molar-refractivity contribution in [3.63, 3.8) is 0 Å². The van der Waals surface area contributed by atoms with Crippen molar-refractivity contribution in [2.75, 3.05) is 29.9 Å². The van der Waals surface area contributed by atoms with E-state index in [1.54, 1.807) is 10.8 Å². The molecule has 0 radical (unpaired) electrons. The van der Waals surface area contributed by atoms with Gasteiger partial charge in [0.1, 0.15) is 10.7 Å². The van der Waals surface area contributed by atoms with Gasteiger partial charge in [0.2, 0.25) is 5.95 Å². The molecule has 0 bridgehead atoms. The molecule has 1 aliphatic heterocycles. The molecule has 0 spiro atoms. The second-order valence-corrected chi connectivity index (χ2v) is 10.3. The number of hydrogen-bond acceptors (Lipinski definition) is 6. The van der Waals surface area contributed by atoms with E-state index in [-0.39, 0.29) is 22.2 Å². The van der Waals surface area contributed by atoms with Crippen LogP contribution in [0.25, 0.3) is 11.0 Å². The molecule has 3 aromatic rings. The lowest BCUT2D eigenvalue weighted by Crippen LogP contribution is -2.57. The van der Waals surface area contributed by atoms with Crippen molar-refractivity contribution in [3.8, 4) is 0 Å². The summed E-state index contributed by atoms with van der Waals surface area (Å²) in [5, 5.41) is 7.96. The van der Waals surface area contributed by atoms with Crippen molar-refractivity contribution >= 4 is 40.0 Å². The second-order valence-electron chi connectivity index (χ2n) is 9.89. The summed E-state index contributed by atoms with van der Waals surface area (Å²) in [7, 11) is 0. The highest BCUT2D eigenvalue weighted by atomic mass is 35.5. The SMILES string of the molecule is Cc1c(Cl)c(=O)n(C2CCCC2)c2nc(Nc3ccc(N4CCNC(C)(C)C4)cc3)ncc12. The Bertz CT molecular complexity index is 1230. The van der Waals surface area contributed by atoms with Crippen LogP contribution in [0.4, 0.5) is 17.3 Å². The van der Waals surface area contributed by atoms with Gasteiger partial charge in [0.05, 0.1) is 0 Å². The first kappa shape index (κ1) is 22.2. The minimum atomic E-state index is -0.151. The molecule has 2 fully saturated rings. The summed E-state index contributed by atoms with van der Waals surface area (Å²) in [6, 6.07) is 8.50. The van der Waals surface area contributed by atoms with Gasteiger partial charge in [-0.05, 0) is 63.4 Å². The van der Waals surface area contributed by atoms with Gasteiger partial charge in [0.15, 0.2) is 0 Å². The van der Waals surface area contributed by atoms with Crippen LogP contribution >= 0.6 is 11.6 Å². The molecule has 8 heteroatoms. The molecule has 7 nitrogen and oxygen atoms in total. The monoisotopic (exact) mass is 466 g/mol. The van der Waals surface area contributed by atoms with Gasteiger partial charge >= 0.3 is 0 Å².